The molecule has 0 unspecified atom stereocenters. The van der Waals surface area contributed by atoms with Crippen molar-refractivity contribution < 1.29 is 14.5 Å². The van der Waals surface area contributed by atoms with Gasteiger partial charge in [-0.15, -0.1) is 0 Å². The van der Waals surface area contributed by atoms with Crippen LogP contribution in [0, 0.1) is 10.1 Å². The first-order valence-electron chi connectivity index (χ1n) is 6.89. The number of benzene rings is 1. The third kappa shape index (κ3) is 5.04. The lowest BCUT2D eigenvalue weighted by molar-refractivity contribution is -0.384. The molecule has 2 amide bonds. The number of nitrogens with one attached hydrogen (secondary N) is 3. The van der Waals surface area contributed by atoms with Gasteiger partial charge in [0.2, 0.25) is 5.91 Å². The Kier molecular flexibility index (Phi) is 6.30. The molecular weight excluding hydrogens is 288 g/mol. The third-order valence-corrected chi connectivity index (χ3v) is 2.80. The van der Waals surface area contributed by atoms with Gasteiger partial charge >= 0.3 is 0 Å². The van der Waals surface area contributed by atoms with Crippen LogP contribution in [0.25, 0.3) is 0 Å². The fourth-order valence-corrected chi connectivity index (χ4v) is 1.82. The summed E-state index contributed by atoms with van der Waals surface area (Å²) in [6, 6.07) is 4.20. The Morgan fingerprint density at radius 3 is 2.55 bits per heavy atom. The molecule has 1 aromatic rings. The van der Waals surface area contributed by atoms with Crippen LogP contribution in [0.4, 0.5) is 11.4 Å². The van der Waals surface area contributed by atoms with Crippen LogP contribution in [-0.4, -0.2) is 36.4 Å². The molecule has 0 aliphatic rings. The Hall–Kier alpha value is -2.64. The van der Waals surface area contributed by atoms with Crippen molar-refractivity contribution in [3.63, 3.8) is 0 Å². The molecule has 0 saturated heterocycles. The lowest BCUT2D eigenvalue weighted by Crippen LogP contribution is -2.31. The van der Waals surface area contributed by atoms with Crippen molar-refractivity contribution >= 4 is 23.2 Å². The quantitative estimate of drug-likeness (QED) is 0.518. The van der Waals surface area contributed by atoms with Gasteiger partial charge in [0.1, 0.15) is 5.69 Å². The van der Waals surface area contributed by atoms with E-state index in [1.54, 1.807) is 0 Å². The van der Waals surface area contributed by atoms with Gasteiger partial charge in [-0.3, -0.25) is 19.7 Å². The zero-order chi connectivity index (χ0) is 16.7. The molecule has 0 spiro atoms. The molecule has 0 saturated carbocycles. The highest BCUT2D eigenvalue weighted by molar-refractivity contribution is 5.95. The molecule has 8 heteroatoms. The van der Waals surface area contributed by atoms with Crippen molar-refractivity contribution in [1.29, 1.82) is 0 Å². The molecule has 120 valence electrons. The number of rotatable bonds is 7. The Labute approximate surface area is 128 Å². The molecule has 0 bridgehead atoms. The fourth-order valence-electron chi connectivity index (χ4n) is 1.82. The molecule has 8 nitrogen and oxygen atoms in total. The van der Waals surface area contributed by atoms with E-state index in [1.165, 1.54) is 25.2 Å². The third-order valence-electron chi connectivity index (χ3n) is 2.80. The van der Waals surface area contributed by atoms with E-state index in [2.05, 4.69) is 16.0 Å². The minimum absolute atomic E-state index is 0.0497. The van der Waals surface area contributed by atoms with Crippen molar-refractivity contribution in [2.75, 3.05) is 18.9 Å². The minimum atomic E-state index is -0.567. The second-order valence-corrected chi connectivity index (χ2v) is 4.97. The highest BCUT2D eigenvalue weighted by Crippen LogP contribution is 2.25. The van der Waals surface area contributed by atoms with Gasteiger partial charge < -0.3 is 16.0 Å². The first-order chi connectivity index (χ1) is 10.3. The van der Waals surface area contributed by atoms with E-state index < -0.39 is 10.8 Å². The SMILES string of the molecule is CNC(=O)c1ccc(NCCC(=O)NC(C)C)c([N+](=O)[O-])c1. The van der Waals surface area contributed by atoms with E-state index in [0.29, 0.717) is 0 Å². The van der Waals surface area contributed by atoms with Gasteiger partial charge in [-0.05, 0) is 26.0 Å². The van der Waals surface area contributed by atoms with Crippen molar-refractivity contribution in [2.24, 2.45) is 0 Å². The number of hydrogen-bond acceptors (Lipinski definition) is 5. The number of nitro groups is 1. The van der Waals surface area contributed by atoms with Gasteiger partial charge in [0.15, 0.2) is 0 Å². The number of nitro benzene ring substituents is 1. The zero-order valence-electron chi connectivity index (χ0n) is 12.8. The van der Waals surface area contributed by atoms with Gasteiger partial charge in [-0.25, -0.2) is 0 Å². The molecular formula is C14H20N4O4. The van der Waals surface area contributed by atoms with Crippen molar-refractivity contribution in [1.82, 2.24) is 10.6 Å². The summed E-state index contributed by atoms with van der Waals surface area (Å²) in [6.07, 6.45) is 0.201. The van der Waals surface area contributed by atoms with E-state index in [0.717, 1.165) is 0 Å². The topological polar surface area (TPSA) is 113 Å². The van der Waals surface area contributed by atoms with E-state index in [4.69, 9.17) is 0 Å². The second-order valence-electron chi connectivity index (χ2n) is 4.97. The predicted molar refractivity (Wildman–Crippen MR) is 82.9 cm³/mol. The normalized spacial score (nSPS) is 10.2. The molecule has 0 atom stereocenters. The van der Waals surface area contributed by atoms with Crippen LogP contribution < -0.4 is 16.0 Å². The number of carbonyl (C=O) groups excluding carboxylic acids is 2. The Bertz CT molecular complexity index is 572. The maximum atomic E-state index is 11.5. The van der Waals surface area contributed by atoms with Crippen molar-refractivity contribution in [2.45, 2.75) is 26.3 Å². The molecule has 22 heavy (non-hydrogen) atoms. The summed E-state index contributed by atoms with van der Waals surface area (Å²) in [6.45, 7) is 3.97. The Morgan fingerprint density at radius 1 is 1.32 bits per heavy atom. The summed E-state index contributed by atoms with van der Waals surface area (Å²) < 4.78 is 0. The monoisotopic (exact) mass is 308 g/mol. The molecule has 0 heterocycles. The molecule has 0 aliphatic carbocycles. The van der Waals surface area contributed by atoms with Crippen LogP contribution in [0.1, 0.15) is 30.6 Å². The Morgan fingerprint density at radius 2 is 2.00 bits per heavy atom. The number of amides is 2. The fraction of sp³-hybridized carbons (Fsp3) is 0.429. The van der Waals surface area contributed by atoms with Gasteiger partial charge in [-0.2, -0.15) is 0 Å². The summed E-state index contributed by atoms with van der Waals surface area (Å²) in [7, 11) is 1.45. The van der Waals surface area contributed by atoms with Gasteiger partial charge in [0.05, 0.1) is 4.92 Å². The molecule has 0 aliphatic heterocycles. The highest BCUT2D eigenvalue weighted by atomic mass is 16.6. The number of nitrogens with zero attached hydrogens (tertiary/aromatic N) is 1. The maximum Gasteiger partial charge on any atom is 0.293 e. The van der Waals surface area contributed by atoms with Gasteiger partial charge in [0.25, 0.3) is 11.6 Å². The average Bonchev–Trinajstić information content (AvgIpc) is 2.45. The smallest absolute Gasteiger partial charge is 0.293 e. The van der Waals surface area contributed by atoms with Crippen LogP contribution in [0.2, 0.25) is 0 Å². The first-order valence-corrected chi connectivity index (χ1v) is 6.89. The van der Waals surface area contributed by atoms with Gasteiger partial charge in [-0.1, -0.05) is 0 Å². The average molecular weight is 308 g/mol. The maximum absolute atomic E-state index is 11.5. The van der Waals surface area contributed by atoms with E-state index >= 15 is 0 Å². The predicted octanol–water partition coefficient (Wildman–Crippen LogP) is 1.28. The van der Waals surface area contributed by atoms with Crippen LogP contribution in [0.5, 0.6) is 0 Å². The minimum Gasteiger partial charge on any atom is -0.379 e. The van der Waals surface area contributed by atoms with E-state index in [1.807, 2.05) is 13.8 Å². The summed E-state index contributed by atoms with van der Waals surface area (Å²) in [5.74, 6) is -0.530. The molecule has 1 rings (SSSR count). The van der Waals surface area contributed by atoms with Crippen LogP contribution in [0.3, 0.4) is 0 Å². The molecule has 1 aromatic carbocycles. The zero-order valence-corrected chi connectivity index (χ0v) is 12.8. The summed E-state index contributed by atoms with van der Waals surface area (Å²) in [5, 5.41) is 19.1. The molecule has 0 aromatic heterocycles. The first kappa shape index (κ1) is 17.4. The highest BCUT2D eigenvalue weighted by Gasteiger charge is 2.17. The summed E-state index contributed by atoms with van der Waals surface area (Å²) in [4.78, 5) is 33.5. The number of carbonyl (C=O) groups is 2. The van der Waals surface area contributed by atoms with Crippen molar-refractivity contribution in [3.8, 4) is 0 Å². The molecule has 0 fully saturated rings. The van der Waals surface area contributed by atoms with Crippen LogP contribution in [-0.2, 0) is 4.79 Å². The lowest BCUT2D eigenvalue weighted by Gasteiger charge is -2.10. The number of hydrogen-bond donors (Lipinski definition) is 3. The van der Waals surface area contributed by atoms with Crippen molar-refractivity contribution in [3.05, 3.63) is 33.9 Å². The van der Waals surface area contributed by atoms with Crippen LogP contribution in [0.15, 0.2) is 18.2 Å². The largest absolute Gasteiger partial charge is 0.379 e. The standard InChI is InChI=1S/C14H20N4O4/c1-9(2)17-13(19)6-7-16-11-5-4-10(14(20)15-3)8-12(11)18(21)22/h4-5,8-9,16H,6-7H2,1-3H3,(H,15,20)(H,17,19). The van der Waals surface area contributed by atoms with Gasteiger partial charge in [0, 0.05) is 37.7 Å². The lowest BCUT2D eigenvalue weighted by atomic mass is 10.1. The number of anilines is 1. The summed E-state index contributed by atoms with van der Waals surface area (Å²) in [5.41, 5.74) is 0.276. The summed E-state index contributed by atoms with van der Waals surface area (Å²) >= 11 is 0. The van der Waals surface area contributed by atoms with E-state index in [-0.39, 0.29) is 41.9 Å². The van der Waals surface area contributed by atoms with Crippen LogP contribution >= 0.6 is 0 Å². The van der Waals surface area contributed by atoms with E-state index in [9.17, 15) is 19.7 Å². The Balaban J connectivity index is 2.76. The molecule has 0 radical (unpaired) electrons. The second kappa shape index (κ2) is 7.96. The molecule has 3 N–H and O–H groups in total.